The fourth-order valence-corrected chi connectivity index (χ4v) is 2.22. The highest BCUT2D eigenvalue weighted by Crippen LogP contribution is 2.12. The monoisotopic (exact) mass is 296 g/mol. The summed E-state index contributed by atoms with van der Waals surface area (Å²) in [7, 11) is 2.14. The average molecular weight is 296 g/mol. The molecule has 0 atom stereocenters. The third-order valence-corrected chi connectivity index (χ3v) is 3.83. The first kappa shape index (κ1) is 17.9. The molecule has 0 aromatic rings. The van der Waals surface area contributed by atoms with Gasteiger partial charge in [-0.2, -0.15) is 0 Å². The van der Waals surface area contributed by atoms with Gasteiger partial charge in [-0.15, -0.1) is 0 Å². The second-order valence-electron chi connectivity index (χ2n) is 5.44. The Balaban J connectivity index is 2.41. The highest BCUT2D eigenvalue weighted by molar-refractivity contribution is 5.25. The van der Waals surface area contributed by atoms with E-state index in [1.807, 2.05) is 19.1 Å². The summed E-state index contributed by atoms with van der Waals surface area (Å²) in [6, 6.07) is 0. The van der Waals surface area contributed by atoms with Gasteiger partial charge < -0.3 is 9.64 Å². The predicted octanol–water partition coefficient (Wildman–Crippen LogP) is 3.36. The first-order valence-corrected chi connectivity index (χ1v) is 7.80. The van der Waals surface area contributed by atoms with Crippen LogP contribution in [0.1, 0.15) is 27.2 Å². The SMILES string of the molecule is C\C=C(/C=C\C(OCCN1CCN(C)CC1)=C(/C)F)CC. The molecule has 1 aliphatic heterocycles. The van der Waals surface area contributed by atoms with Crippen molar-refractivity contribution in [3.8, 4) is 0 Å². The van der Waals surface area contributed by atoms with E-state index in [1.165, 1.54) is 12.5 Å². The Morgan fingerprint density at radius 3 is 2.38 bits per heavy atom. The quantitative estimate of drug-likeness (QED) is 0.529. The Labute approximate surface area is 128 Å². The molecule has 1 aliphatic rings. The Hall–Kier alpha value is -1.13. The molecule has 21 heavy (non-hydrogen) atoms. The van der Waals surface area contributed by atoms with E-state index in [2.05, 4.69) is 23.8 Å². The summed E-state index contributed by atoms with van der Waals surface area (Å²) in [5.41, 5.74) is 1.18. The van der Waals surface area contributed by atoms with E-state index in [0.29, 0.717) is 12.4 Å². The molecule has 0 radical (unpaired) electrons. The number of rotatable bonds is 7. The predicted molar refractivity (Wildman–Crippen MR) is 86.9 cm³/mol. The molecule has 0 saturated carbocycles. The molecule has 0 aromatic carbocycles. The van der Waals surface area contributed by atoms with Crippen LogP contribution in [0.3, 0.4) is 0 Å². The zero-order chi connectivity index (χ0) is 15.7. The summed E-state index contributed by atoms with van der Waals surface area (Å²) in [6.45, 7) is 11.2. The standard InChI is InChI=1S/C17H29FN2O/c1-5-16(6-2)7-8-17(15(3)18)21-14-13-20-11-9-19(4)10-12-20/h5,7-8H,6,9-14H2,1-4H3/b8-7-,16-5-,17-15-. The summed E-state index contributed by atoms with van der Waals surface area (Å²) in [6.07, 6.45) is 6.63. The molecule has 1 heterocycles. The molecule has 0 spiro atoms. The fourth-order valence-electron chi connectivity index (χ4n) is 2.22. The minimum atomic E-state index is -0.267. The molecule has 4 heteroatoms. The van der Waals surface area contributed by atoms with Crippen LogP contribution in [0.4, 0.5) is 4.39 Å². The van der Waals surface area contributed by atoms with E-state index in [0.717, 1.165) is 39.1 Å². The zero-order valence-electron chi connectivity index (χ0n) is 13.9. The summed E-state index contributed by atoms with van der Waals surface area (Å²) in [5, 5.41) is 0. The van der Waals surface area contributed by atoms with Crippen molar-refractivity contribution in [3.05, 3.63) is 35.4 Å². The first-order valence-electron chi connectivity index (χ1n) is 7.80. The van der Waals surface area contributed by atoms with Crippen LogP contribution in [0.5, 0.6) is 0 Å². The van der Waals surface area contributed by atoms with E-state index in [9.17, 15) is 4.39 Å². The molecular formula is C17H29FN2O. The Bertz CT molecular complexity index is 390. The molecule has 1 saturated heterocycles. The second-order valence-corrected chi connectivity index (χ2v) is 5.44. The number of allylic oxidation sites excluding steroid dienone is 5. The maximum atomic E-state index is 13.5. The molecule has 0 aliphatic carbocycles. The number of halogens is 1. The number of hydrogen-bond donors (Lipinski definition) is 0. The van der Waals surface area contributed by atoms with Crippen LogP contribution in [0, 0.1) is 0 Å². The Morgan fingerprint density at radius 2 is 1.86 bits per heavy atom. The lowest BCUT2D eigenvalue weighted by Crippen LogP contribution is -2.45. The van der Waals surface area contributed by atoms with Gasteiger partial charge in [0.05, 0.1) is 0 Å². The van der Waals surface area contributed by atoms with Crippen molar-refractivity contribution < 1.29 is 9.13 Å². The Kier molecular flexibility index (Phi) is 8.31. The van der Waals surface area contributed by atoms with Gasteiger partial charge in [-0.3, -0.25) is 4.90 Å². The van der Waals surface area contributed by atoms with Crippen LogP contribution in [0.2, 0.25) is 0 Å². The zero-order valence-corrected chi connectivity index (χ0v) is 13.9. The van der Waals surface area contributed by atoms with Gasteiger partial charge >= 0.3 is 0 Å². The van der Waals surface area contributed by atoms with E-state index in [4.69, 9.17) is 4.74 Å². The van der Waals surface area contributed by atoms with Gasteiger partial charge in [-0.25, -0.2) is 4.39 Å². The Morgan fingerprint density at radius 1 is 1.19 bits per heavy atom. The molecule has 0 N–H and O–H groups in total. The molecule has 3 nitrogen and oxygen atoms in total. The average Bonchev–Trinajstić information content (AvgIpc) is 2.48. The van der Waals surface area contributed by atoms with Crippen LogP contribution in [0.25, 0.3) is 0 Å². The van der Waals surface area contributed by atoms with Crippen molar-refractivity contribution in [2.45, 2.75) is 27.2 Å². The third-order valence-electron chi connectivity index (χ3n) is 3.83. The van der Waals surface area contributed by atoms with Gasteiger partial charge in [0.1, 0.15) is 18.2 Å². The van der Waals surface area contributed by atoms with Crippen molar-refractivity contribution in [1.82, 2.24) is 9.80 Å². The van der Waals surface area contributed by atoms with E-state index < -0.39 is 0 Å². The van der Waals surface area contributed by atoms with Gasteiger partial charge in [-0.05, 0) is 33.4 Å². The van der Waals surface area contributed by atoms with E-state index >= 15 is 0 Å². The van der Waals surface area contributed by atoms with Crippen molar-refractivity contribution in [1.29, 1.82) is 0 Å². The van der Waals surface area contributed by atoms with Crippen LogP contribution >= 0.6 is 0 Å². The molecule has 0 bridgehead atoms. The summed E-state index contributed by atoms with van der Waals surface area (Å²) in [4.78, 5) is 4.68. The van der Waals surface area contributed by atoms with Crippen molar-refractivity contribution >= 4 is 0 Å². The summed E-state index contributed by atoms with van der Waals surface area (Å²) >= 11 is 0. The lowest BCUT2D eigenvalue weighted by atomic mass is 10.2. The van der Waals surface area contributed by atoms with E-state index in [-0.39, 0.29) is 5.83 Å². The highest BCUT2D eigenvalue weighted by atomic mass is 19.1. The molecule has 1 fully saturated rings. The largest absolute Gasteiger partial charge is 0.490 e. The van der Waals surface area contributed by atoms with Crippen LogP contribution < -0.4 is 0 Å². The van der Waals surface area contributed by atoms with Gasteiger partial charge in [0, 0.05) is 32.7 Å². The van der Waals surface area contributed by atoms with E-state index in [1.54, 1.807) is 6.08 Å². The lowest BCUT2D eigenvalue weighted by Gasteiger charge is -2.32. The van der Waals surface area contributed by atoms with Gasteiger partial charge in [0.25, 0.3) is 0 Å². The topological polar surface area (TPSA) is 15.7 Å². The second kappa shape index (κ2) is 9.74. The maximum Gasteiger partial charge on any atom is 0.150 e. The number of hydrogen-bond acceptors (Lipinski definition) is 3. The number of piperazine rings is 1. The maximum absolute atomic E-state index is 13.5. The molecule has 0 unspecified atom stereocenters. The molecule has 1 rings (SSSR count). The number of nitrogens with zero attached hydrogens (tertiary/aromatic N) is 2. The highest BCUT2D eigenvalue weighted by Gasteiger charge is 2.13. The lowest BCUT2D eigenvalue weighted by molar-refractivity contribution is 0.114. The molecule has 0 amide bonds. The normalized spacial score (nSPS) is 20.0. The number of ether oxygens (including phenoxy) is 1. The van der Waals surface area contributed by atoms with Gasteiger partial charge in [0.15, 0.2) is 0 Å². The van der Waals surface area contributed by atoms with Crippen molar-refractivity contribution in [2.24, 2.45) is 0 Å². The van der Waals surface area contributed by atoms with Gasteiger partial charge in [0.2, 0.25) is 0 Å². The van der Waals surface area contributed by atoms with Gasteiger partial charge in [-0.1, -0.05) is 24.6 Å². The first-order chi connectivity index (χ1) is 10.1. The molecule has 120 valence electrons. The van der Waals surface area contributed by atoms with Crippen LogP contribution in [-0.4, -0.2) is 56.2 Å². The van der Waals surface area contributed by atoms with Crippen LogP contribution in [-0.2, 0) is 4.74 Å². The number of likely N-dealkylation sites (N-methyl/N-ethyl adjacent to an activating group) is 1. The summed E-state index contributed by atoms with van der Waals surface area (Å²) in [5.74, 6) is 0.0770. The van der Waals surface area contributed by atoms with Crippen molar-refractivity contribution in [3.63, 3.8) is 0 Å². The smallest absolute Gasteiger partial charge is 0.150 e. The molecular weight excluding hydrogens is 267 g/mol. The van der Waals surface area contributed by atoms with Crippen LogP contribution in [0.15, 0.2) is 35.4 Å². The minimum Gasteiger partial charge on any atom is -0.490 e. The van der Waals surface area contributed by atoms with Crippen molar-refractivity contribution in [2.75, 3.05) is 46.4 Å². The minimum absolute atomic E-state index is 0.267. The summed E-state index contributed by atoms with van der Waals surface area (Å²) < 4.78 is 19.1. The fraction of sp³-hybridized carbons (Fsp3) is 0.647. The molecule has 0 aromatic heterocycles. The third kappa shape index (κ3) is 6.91.